The molecule has 1 amide bonds. The van der Waals surface area contributed by atoms with Crippen LogP contribution in [0.1, 0.15) is 37.7 Å². The predicted octanol–water partition coefficient (Wildman–Crippen LogP) is 2.89. The van der Waals surface area contributed by atoms with Crippen molar-refractivity contribution in [2.75, 3.05) is 18.0 Å². The number of carbonyl (C=O) groups excluding carboxylic acids is 1. The molecule has 0 radical (unpaired) electrons. The van der Waals surface area contributed by atoms with E-state index >= 15 is 0 Å². The summed E-state index contributed by atoms with van der Waals surface area (Å²) in [4.78, 5) is 23.0. The Morgan fingerprint density at radius 1 is 1.36 bits per heavy atom. The molecule has 1 N–H and O–H groups in total. The van der Waals surface area contributed by atoms with Crippen molar-refractivity contribution in [3.63, 3.8) is 0 Å². The summed E-state index contributed by atoms with van der Waals surface area (Å²) in [5.74, 6) is 0.413. The van der Waals surface area contributed by atoms with Crippen LogP contribution in [0.4, 0.5) is 10.3 Å². The van der Waals surface area contributed by atoms with Gasteiger partial charge in [-0.25, -0.2) is 14.4 Å². The number of halogens is 1. The fraction of sp³-hybridized carbons (Fsp3) is 0.421. The number of aromatic nitrogens is 2. The second-order valence-corrected chi connectivity index (χ2v) is 6.56. The van der Waals surface area contributed by atoms with E-state index in [0.29, 0.717) is 18.9 Å². The highest BCUT2D eigenvalue weighted by molar-refractivity contribution is 5.77. The first-order valence-corrected chi connectivity index (χ1v) is 8.68. The zero-order chi connectivity index (χ0) is 17.6. The molecule has 1 saturated heterocycles. The fourth-order valence-electron chi connectivity index (χ4n) is 3.23. The first kappa shape index (κ1) is 17.3. The zero-order valence-electron chi connectivity index (χ0n) is 14.4. The minimum atomic E-state index is -0.268. The lowest BCUT2D eigenvalue weighted by Gasteiger charge is -2.33. The SMILES string of the molecule is C[C@@H](CC(=O)N[C@@H]1CCCN(c2ncccn2)C1)c1cccc(F)c1. The highest BCUT2D eigenvalue weighted by atomic mass is 19.1. The van der Waals surface area contributed by atoms with Gasteiger partial charge in [0.25, 0.3) is 0 Å². The molecule has 5 nitrogen and oxygen atoms in total. The van der Waals surface area contributed by atoms with Crippen LogP contribution in [0, 0.1) is 5.82 Å². The topological polar surface area (TPSA) is 58.1 Å². The highest BCUT2D eigenvalue weighted by Gasteiger charge is 2.23. The van der Waals surface area contributed by atoms with Gasteiger partial charge in [0, 0.05) is 37.9 Å². The Hall–Kier alpha value is -2.50. The monoisotopic (exact) mass is 342 g/mol. The summed E-state index contributed by atoms with van der Waals surface area (Å²) < 4.78 is 13.3. The Morgan fingerprint density at radius 2 is 2.16 bits per heavy atom. The molecule has 1 aliphatic rings. The van der Waals surface area contributed by atoms with E-state index in [1.165, 1.54) is 12.1 Å². The molecule has 0 aliphatic carbocycles. The third-order valence-electron chi connectivity index (χ3n) is 4.53. The second kappa shape index (κ2) is 8.05. The van der Waals surface area contributed by atoms with Gasteiger partial charge >= 0.3 is 0 Å². The van der Waals surface area contributed by atoms with E-state index in [1.54, 1.807) is 24.5 Å². The molecule has 2 heterocycles. The molecule has 0 saturated carbocycles. The highest BCUT2D eigenvalue weighted by Crippen LogP contribution is 2.20. The van der Waals surface area contributed by atoms with Crippen LogP contribution in [0.25, 0.3) is 0 Å². The Labute approximate surface area is 147 Å². The van der Waals surface area contributed by atoms with Crippen LogP contribution >= 0.6 is 0 Å². The van der Waals surface area contributed by atoms with Crippen LogP contribution in [-0.4, -0.2) is 35.0 Å². The van der Waals surface area contributed by atoms with E-state index in [2.05, 4.69) is 20.2 Å². The number of benzene rings is 1. The summed E-state index contributed by atoms with van der Waals surface area (Å²) in [6, 6.07) is 8.32. The Kier molecular flexibility index (Phi) is 5.58. The summed E-state index contributed by atoms with van der Waals surface area (Å²) in [5.41, 5.74) is 0.845. The molecule has 1 aromatic carbocycles. The maximum atomic E-state index is 13.3. The van der Waals surface area contributed by atoms with Crippen molar-refractivity contribution in [2.24, 2.45) is 0 Å². The largest absolute Gasteiger partial charge is 0.352 e. The normalized spacial score (nSPS) is 18.6. The molecule has 132 valence electrons. The first-order chi connectivity index (χ1) is 12.1. The van der Waals surface area contributed by atoms with E-state index in [-0.39, 0.29) is 23.7 Å². The maximum Gasteiger partial charge on any atom is 0.225 e. The lowest BCUT2D eigenvalue weighted by Crippen LogP contribution is -2.48. The van der Waals surface area contributed by atoms with Crippen molar-refractivity contribution >= 4 is 11.9 Å². The van der Waals surface area contributed by atoms with E-state index in [9.17, 15) is 9.18 Å². The molecule has 1 aliphatic heterocycles. The Balaban J connectivity index is 1.54. The van der Waals surface area contributed by atoms with E-state index in [0.717, 1.165) is 24.9 Å². The summed E-state index contributed by atoms with van der Waals surface area (Å²) in [6.45, 7) is 3.56. The van der Waals surface area contributed by atoms with E-state index < -0.39 is 0 Å². The van der Waals surface area contributed by atoms with Crippen LogP contribution in [0.3, 0.4) is 0 Å². The van der Waals surface area contributed by atoms with Gasteiger partial charge in [0.1, 0.15) is 5.82 Å². The molecule has 3 rings (SSSR count). The minimum Gasteiger partial charge on any atom is -0.352 e. The number of nitrogens with zero attached hydrogens (tertiary/aromatic N) is 3. The lowest BCUT2D eigenvalue weighted by atomic mass is 9.97. The maximum absolute atomic E-state index is 13.3. The van der Waals surface area contributed by atoms with E-state index in [1.807, 2.05) is 13.0 Å². The van der Waals surface area contributed by atoms with Gasteiger partial charge in [0.15, 0.2) is 0 Å². The second-order valence-electron chi connectivity index (χ2n) is 6.56. The molecule has 2 atom stereocenters. The van der Waals surface area contributed by atoms with Gasteiger partial charge in [0.05, 0.1) is 0 Å². The number of hydrogen-bond donors (Lipinski definition) is 1. The predicted molar refractivity (Wildman–Crippen MR) is 94.8 cm³/mol. The van der Waals surface area contributed by atoms with Gasteiger partial charge in [-0.1, -0.05) is 19.1 Å². The molecular formula is C19H23FN4O. The average Bonchev–Trinajstić information content (AvgIpc) is 2.62. The number of carbonyl (C=O) groups is 1. The molecule has 0 spiro atoms. The molecule has 0 unspecified atom stereocenters. The minimum absolute atomic E-state index is 0.00223. The summed E-state index contributed by atoms with van der Waals surface area (Å²) in [7, 11) is 0. The molecule has 0 bridgehead atoms. The van der Waals surface area contributed by atoms with Crippen LogP contribution in [-0.2, 0) is 4.79 Å². The number of piperidine rings is 1. The van der Waals surface area contributed by atoms with Crippen molar-refractivity contribution in [1.29, 1.82) is 0 Å². The van der Waals surface area contributed by atoms with Gasteiger partial charge in [0.2, 0.25) is 11.9 Å². The van der Waals surface area contributed by atoms with Crippen molar-refractivity contribution in [1.82, 2.24) is 15.3 Å². The number of hydrogen-bond acceptors (Lipinski definition) is 4. The van der Waals surface area contributed by atoms with Gasteiger partial charge in [-0.15, -0.1) is 0 Å². The van der Waals surface area contributed by atoms with Crippen molar-refractivity contribution < 1.29 is 9.18 Å². The summed E-state index contributed by atoms with van der Waals surface area (Å²) in [6.07, 6.45) is 5.74. The number of nitrogens with one attached hydrogen (secondary N) is 1. The quantitative estimate of drug-likeness (QED) is 0.908. The van der Waals surface area contributed by atoms with Crippen LogP contribution in [0.2, 0.25) is 0 Å². The van der Waals surface area contributed by atoms with Crippen molar-refractivity contribution in [3.05, 3.63) is 54.1 Å². The molecular weight excluding hydrogens is 319 g/mol. The summed E-state index contributed by atoms with van der Waals surface area (Å²) in [5, 5.41) is 3.10. The molecule has 2 aromatic rings. The third kappa shape index (κ3) is 4.75. The Bertz CT molecular complexity index is 710. The first-order valence-electron chi connectivity index (χ1n) is 8.68. The van der Waals surface area contributed by atoms with Crippen LogP contribution in [0.5, 0.6) is 0 Å². The van der Waals surface area contributed by atoms with Gasteiger partial charge in [-0.05, 0) is 42.5 Å². The van der Waals surface area contributed by atoms with Gasteiger partial charge in [-0.2, -0.15) is 0 Å². The zero-order valence-corrected chi connectivity index (χ0v) is 14.4. The van der Waals surface area contributed by atoms with Crippen LogP contribution < -0.4 is 10.2 Å². The third-order valence-corrected chi connectivity index (χ3v) is 4.53. The van der Waals surface area contributed by atoms with Crippen molar-refractivity contribution in [2.45, 2.75) is 38.1 Å². The lowest BCUT2D eigenvalue weighted by molar-refractivity contribution is -0.122. The number of rotatable bonds is 5. The average molecular weight is 342 g/mol. The Morgan fingerprint density at radius 3 is 2.92 bits per heavy atom. The smallest absolute Gasteiger partial charge is 0.225 e. The molecule has 1 aromatic heterocycles. The fourth-order valence-corrected chi connectivity index (χ4v) is 3.23. The van der Waals surface area contributed by atoms with E-state index in [4.69, 9.17) is 0 Å². The standard InChI is InChI=1S/C19H23FN4O/c1-14(15-5-2-6-16(20)12-15)11-18(25)23-17-7-3-10-24(13-17)19-21-8-4-9-22-19/h2,4-6,8-9,12,14,17H,3,7,10-11,13H2,1H3,(H,23,25)/t14-,17+/m0/s1. The number of anilines is 1. The van der Waals surface area contributed by atoms with Crippen molar-refractivity contribution in [3.8, 4) is 0 Å². The number of amides is 1. The molecule has 25 heavy (non-hydrogen) atoms. The van der Waals surface area contributed by atoms with Gasteiger partial charge < -0.3 is 10.2 Å². The van der Waals surface area contributed by atoms with Gasteiger partial charge in [-0.3, -0.25) is 4.79 Å². The van der Waals surface area contributed by atoms with Crippen LogP contribution in [0.15, 0.2) is 42.7 Å². The molecule has 1 fully saturated rings. The summed E-state index contributed by atoms with van der Waals surface area (Å²) >= 11 is 0. The molecule has 6 heteroatoms.